The van der Waals surface area contributed by atoms with Crippen molar-refractivity contribution in [3.8, 4) is 0 Å². The van der Waals surface area contributed by atoms with Crippen molar-refractivity contribution in [3.05, 3.63) is 46.3 Å². The summed E-state index contributed by atoms with van der Waals surface area (Å²) in [6.07, 6.45) is 4.95. The summed E-state index contributed by atoms with van der Waals surface area (Å²) in [6.45, 7) is 6.22. The van der Waals surface area contributed by atoms with Crippen molar-refractivity contribution >= 4 is 11.6 Å². The summed E-state index contributed by atoms with van der Waals surface area (Å²) in [5, 5.41) is 3.78. The molecule has 1 N–H and O–H groups in total. The summed E-state index contributed by atoms with van der Waals surface area (Å²) in [5.41, 5.74) is 1.89. The highest BCUT2D eigenvalue weighted by atomic mass is 35.5. The summed E-state index contributed by atoms with van der Waals surface area (Å²) < 4.78 is 13.6. The highest BCUT2D eigenvalue weighted by Gasteiger charge is 2.03. The Bertz CT molecular complexity index is 401. The second kappa shape index (κ2) is 8.28. The molecule has 0 bridgehead atoms. The number of benzene rings is 1. The van der Waals surface area contributed by atoms with Crippen LogP contribution in [-0.4, -0.2) is 13.1 Å². The van der Waals surface area contributed by atoms with Gasteiger partial charge in [-0.15, -0.1) is 0 Å². The molecule has 0 atom stereocenters. The van der Waals surface area contributed by atoms with Crippen LogP contribution in [0.4, 0.5) is 4.39 Å². The highest BCUT2D eigenvalue weighted by Crippen LogP contribution is 2.17. The fourth-order valence-electron chi connectivity index (χ4n) is 1.76. The fraction of sp³-hybridized carbons (Fsp3) is 0.467. The minimum Gasteiger partial charge on any atom is -0.316 e. The number of rotatable bonds is 7. The first-order valence-corrected chi connectivity index (χ1v) is 6.81. The summed E-state index contributed by atoms with van der Waals surface area (Å²) >= 11 is 5.72. The lowest BCUT2D eigenvalue weighted by Gasteiger charge is -2.05. The maximum absolute atomic E-state index is 13.6. The molecule has 0 spiro atoms. The number of hydrogen-bond acceptors (Lipinski definition) is 1. The Morgan fingerprint density at radius 3 is 2.83 bits per heavy atom. The first-order chi connectivity index (χ1) is 8.63. The zero-order valence-corrected chi connectivity index (χ0v) is 11.9. The molecule has 18 heavy (non-hydrogen) atoms. The van der Waals surface area contributed by atoms with Gasteiger partial charge in [0.25, 0.3) is 0 Å². The summed E-state index contributed by atoms with van der Waals surface area (Å²) in [4.78, 5) is 0. The van der Waals surface area contributed by atoms with E-state index in [0.717, 1.165) is 25.9 Å². The van der Waals surface area contributed by atoms with Gasteiger partial charge in [-0.25, -0.2) is 4.39 Å². The van der Waals surface area contributed by atoms with E-state index in [1.807, 2.05) is 6.92 Å². The van der Waals surface area contributed by atoms with Crippen LogP contribution in [0.2, 0.25) is 5.02 Å². The molecule has 0 heterocycles. The molecule has 0 aliphatic rings. The topological polar surface area (TPSA) is 12.0 Å². The first-order valence-electron chi connectivity index (χ1n) is 6.43. The molecule has 0 radical (unpaired) electrons. The SMILES string of the molecule is CCCNCC/C=C(/C)Cc1ccc(Cl)cc1F. The molecule has 0 aromatic heterocycles. The van der Waals surface area contributed by atoms with Crippen LogP contribution in [-0.2, 0) is 6.42 Å². The second-order valence-electron chi connectivity index (χ2n) is 4.50. The van der Waals surface area contributed by atoms with E-state index >= 15 is 0 Å². The normalized spacial score (nSPS) is 11.9. The van der Waals surface area contributed by atoms with Gasteiger partial charge in [0.15, 0.2) is 0 Å². The lowest BCUT2D eigenvalue weighted by Crippen LogP contribution is -2.15. The van der Waals surface area contributed by atoms with Crippen LogP contribution >= 0.6 is 11.6 Å². The van der Waals surface area contributed by atoms with Gasteiger partial charge in [-0.3, -0.25) is 0 Å². The molecule has 100 valence electrons. The predicted molar refractivity (Wildman–Crippen MR) is 76.6 cm³/mol. The molecule has 0 fully saturated rings. The van der Waals surface area contributed by atoms with Crippen LogP contribution in [0.1, 0.15) is 32.3 Å². The zero-order valence-electron chi connectivity index (χ0n) is 11.1. The molecule has 0 unspecified atom stereocenters. The van der Waals surface area contributed by atoms with Crippen LogP contribution in [0, 0.1) is 5.82 Å². The average Bonchev–Trinajstić information content (AvgIpc) is 2.32. The Kier molecular flexibility index (Phi) is 6.99. The van der Waals surface area contributed by atoms with Gasteiger partial charge in [0.2, 0.25) is 0 Å². The quantitative estimate of drug-likeness (QED) is 0.573. The van der Waals surface area contributed by atoms with Crippen molar-refractivity contribution in [2.45, 2.75) is 33.1 Å². The zero-order chi connectivity index (χ0) is 13.4. The van der Waals surface area contributed by atoms with Gasteiger partial charge in [-0.2, -0.15) is 0 Å². The van der Waals surface area contributed by atoms with Crippen LogP contribution in [0.5, 0.6) is 0 Å². The molecule has 0 saturated heterocycles. The van der Waals surface area contributed by atoms with E-state index in [9.17, 15) is 4.39 Å². The lowest BCUT2D eigenvalue weighted by atomic mass is 10.0. The van der Waals surface area contributed by atoms with E-state index < -0.39 is 0 Å². The van der Waals surface area contributed by atoms with Gasteiger partial charge in [0.1, 0.15) is 5.82 Å². The van der Waals surface area contributed by atoms with Gasteiger partial charge in [-0.1, -0.05) is 36.2 Å². The van der Waals surface area contributed by atoms with Crippen molar-refractivity contribution in [1.29, 1.82) is 0 Å². The molecule has 1 rings (SSSR count). The molecular formula is C15H21ClFN. The molecule has 0 aliphatic heterocycles. The van der Waals surface area contributed by atoms with Gasteiger partial charge in [0.05, 0.1) is 0 Å². The maximum atomic E-state index is 13.6. The van der Waals surface area contributed by atoms with Crippen LogP contribution < -0.4 is 5.32 Å². The largest absolute Gasteiger partial charge is 0.316 e. The fourth-order valence-corrected chi connectivity index (χ4v) is 1.92. The first kappa shape index (κ1) is 15.2. The third kappa shape index (κ3) is 5.65. The summed E-state index contributed by atoms with van der Waals surface area (Å²) in [7, 11) is 0. The number of halogens is 2. The van der Waals surface area contributed by atoms with Gasteiger partial charge < -0.3 is 5.32 Å². The second-order valence-corrected chi connectivity index (χ2v) is 4.94. The Morgan fingerprint density at radius 1 is 1.39 bits per heavy atom. The third-order valence-electron chi connectivity index (χ3n) is 2.73. The Balaban J connectivity index is 2.43. The van der Waals surface area contributed by atoms with Gasteiger partial charge in [-0.05, 0) is 57.0 Å². The summed E-state index contributed by atoms with van der Waals surface area (Å²) in [5.74, 6) is -0.223. The van der Waals surface area contributed by atoms with E-state index in [4.69, 9.17) is 11.6 Å². The van der Waals surface area contributed by atoms with Crippen molar-refractivity contribution < 1.29 is 4.39 Å². The molecule has 0 amide bonds. The number of allylic oxidation sites excluding steroid dienone is 1. The molecule has 1 nitrogen and oxygen atoms in total. The van der Waals surface area contributed by atoms with E-state index in [0.29, 0.717) is 17.0 Å². The van der Waals surface area contributed by atoms with E-state index in [2.05, 4.69) is 18.3 Å². The molecule has 0 aliphatic carbocycles. The van der Waals surface area contributed by atoms with Crippen LogP contribution in [0.15, 0.2) is 29.8 Å². The lowest BCUT2D eigenvalue weighted by molar-refractivity contribution is 0.613. The van der Waals surface area contributed by atoms with E-state index in [1.54, 1.807) is 12.1 Å². The Morgan fingerprint density at radius 2 is 2.17 bits per heavy atom. The standard InChI is InChI=1S/C15H21ClFN/c1-3-8-18-9-4-5-12(2)10-13-6-7-14(16)11-15(13)17/h5-7,11,18H,3-4,8-10H2,1-2H3/b12-5-. The number of hydrogen-bond donors (Lipinski definition) is 1. The minimum absolute atomic E-state index is 0.223. The Hall–Kier alpha value is -0.860. The molecule has 3 heteroatoms. The smallest absolute Gasteiger partial charge is 0.128 e. The highest BCUT2D eigenvalue weighted by molar-refractivity contribution is 6.30. The van der Waals surface area contributed by atoms with E-state index in [-0.39, 0.29) is 5.82 Å². The Labute approximate surface area is 114 Å². The minimum atomic E-state index is -0.223. The van der Waals surface area contributed by atoms with Gasteiger partial charge in [0, 0.05) is 5.02 Å². The molecule has 1 aromatic carbocycles. The van der Waals surface area contributed by atoms with Crippen LogP contribution in [0.25, 0.3) is 0 Å². The summed E-state index contributed by atoms with van der Waals surface area (Å²) in [6, 6.07) is 4.85. The van der Waals surface area contributed by atoms with Crippen molar-refractivity contribution in [2.75, 3.05) is 13.1 Å². The molecule has 1 aromatic rings. The third-order valence-corrected chi connectivity index (χ3v) is 2.96. The molecular weight excluding hydrogens is 249 g/mol. The maximum Gasteiger partial charge on any atom is 0.128 e. The van der Waals surface area contributed by atoms with Crippen molar-refractivity contribution in [1.82, 2.24) is 5.32 Å². The monoisotopic (exact) mass is 269 g/mol. The van der Waals surface area contributed by atoms with Gasteiger partial charge >= 0.3 is 0 Å². The molecule has 0 saturated carbocycles. The van der Waals surface area contributed by atoms with Crippen molar-refractivity contribution in [3.63, 3.8) is 0 Å². The predicted octanol–water partition coefficient (Wildman–Crippen LogP) is 4.36. The van der Waals surface area contributed by atoms with Crippen LogP contribution in [0.3, 0.4) is 0 Å². The van der Waals surface area contributed by atoms with Crippen molar-refractivity contribution in [2.24, 2.45) is 0 Å². The average molecular weight is 270 g/mol. The van der Waals surface area contributed by atoms with E-state index in [1.165, 1.54) is 11.6 Å². The number of nitrogens with one attached hydrogen (secondary N) is 1.